The molecule has 0 atom stereocenters. The highest BCUT2D eigenvalue weighted by Crippen LogP contribution is 2.22. The average molecular weight is 254 g/mol. The second-order valence-electron chi connectivity index (χ2n) is 4.92. The van der Waals surface area contributed by atoms with Gasteiger partial charge in [-0.1, -0.05) is 6.42 Å². The molecule has 0 aliphatic heterocycles. The van der Waals surface area contributed by atoms with Crippen LogP contribution in [0.25, 0.3) is 17.4 Å². The molecule has 0 bridgehead atoms. The first-order valence-corrected chi connectivity index (χ1v) is 6.69. The van der Waals surface area contributed by atoms with E-state index in [-0.39, 0.29) is 0 Å². The molecule has 3 aromatic rings. The van der Waals surface area contributed by atoms with Crippen LogP contribution in [0.4, 0.5) is 0 Å². The van der Waals surface area contributed by atoms with E-state index >= 15 is 0 Å². The number of aryl methyl sites for hydroxylation is 2. The van der Waals surface area contributed by atoms with Crippen molar-refractivity contribution in [3.63, 3.8) is 0 Å². The van der Waals surface area contributed by atoms with Gasteiger partial charge in [-0.3, -0.25) is 0 Å². The number of nitrogens with zero attached hydrogens (tertiary/aromatic N) is 4. The van der Waals surface area contributed by atoms with Crippen LogP contribution in [0.15, 0.2) is 29.0 Å². The second-order valence-corrected chi connectivity index (χ2v) is 4.92. The number of aromatic nitrogens is 4. The van der Waals surface area contributed by atoms with Crippen LogP contribution < -0.4 is 0 Å². The van der Waals surface area contributed by atoms with Crippen LogP contribution >= 0.6 is 0 Å². The maximum atomic E-state index is 5.35. The zero-order chi connectivity index (χ0) is 12.7. The molecule has 19 heavy (non-hydrogen) atoms. The zero-order valence-corrected chi connectivity index (χ0v) is 10.5. The van der Waals surface area contributed by atoms with Crippen LogP contribution in [0.1, 0.15) is 30.5 Å². The summed E-state index contributed by atoms with van der Waals surface area (Å²) in [6.07, 6.45) is 9.45. The first-order chi connectivity index (χ1) is 9.42. The summed E-state index contributed by atoms with van der Waals surface area (Å²) < 4.78 is 7.24. The van der Waals surface area contributed by atoms with E-state index in [1.165, 1.54) is 30.5 Å². The summed E-state index contributed by atoms with van der Waals surface area (Å²) in [7, 11) is 0. The van der Waals surface area contributed by atoms with Crippen molar-refractivity contribution >= 4 is 5.78 Å². The smallest absolute Gasteiger partial charge is 0.253 e. The number of hydrogen-bond acceptors (Lipinski definition) is 4. The Morgan fingerprint density at radius 3 is 3.00 bits per heavy atom. The summed E-state index contributed by atoms with van der Waals surface area (Å²) in [5, 5.41) is 4.56. The Labute approximate surface area is 110 Å². The predicted molar refractivity (Wildman–Crippen MR) is 69.7 cm³/mol. The van der Waals surface area contributed by atoms with E-state index in [0.29, 0.717) is 17.4 Å². The van der Waals surface area contributed by atoms with E-state index < -0.39 is 0 Å². The van der Waals surface area contributed by atoms with Gasteiger partial charge in [0.2, 0.25) is 5.82 Å². The van der Waals surface area contributed by atoms with Crippen LogP contribution in [0, 0.1) is 0 Å². The van der Waals surface area contributed by atoms with Gasteiger partial charge >= 0.3 is 0 Å². The topological polar surface area (TPSA) is 56.2 Å². The Bertz CT molecular complexity index is 714. The lowest BCUT2D eigenvalue weighted by atomic mass is 10.1. The number of rotatable bonds is 1. The molecule has 0 N–H and O–H groups in total. The van der Waals surface area contributed by atoms with Crippen molar-refractivity contribution in [3.8, 4) is 11.6 Å². The highest BCUT2D eigenvalue weighted by molar-refractivity contribution is 5.50. The van der Waals surface area contributed by atoms with Gasteiger partial charge < -0.3 is 4.42 Å². The molecule has 0 unspecified atom stereocenters. The predicted octanol–water partition coefficient (Wildman–Crippen LogP) is 2.65. The van der Waals surface area contributed by atoms with Crippen LogP contribution in [-0.4, -0.2) is 19.6 Å². The Hall–Kier alpha value is -2.17. The molecule has 1 aliphatic rings. The monoisotopic (exact) mass is 254 g/mol. The van der Waals surface area contributed by atoms with Gasteiger partial charge in [-0.05, 0) is 43.4 Å². The van der Waals surface area contributed by atoms with Gasteiger partial charge in [-0.25, -0.2) is 9.50 Å². The lowest BCUT2D eigenvalue weighted by molar-refractivity contribution is 0.577. The highest BCUT2D eigenvalue weighted by Gasteiger charge is 2.16. The molecule has 0 radical (unpaired) electrons. The number of hydrogen-bond donors (Lipinski definition) is 0. The molecular formula is C14H14N4O. The summed E-state index contributed by atoms with van der Waals surface area (Å²) in [5.41, 5.74) is 2.56. The normalized spacial score (nSPS) is 15.4. The van der Waals surface area contributed by atoms with E-state index in [4.69, 9.17) is 4.42 Å². The summed E-state index contributed by atoms with van der Waals surface area (Å²) in [5.74, 6) is 1.95. The highest BCUT2D eigenvalue weighted by atomic mass is 16.3. The lowest BCUT2D eigenvalue weighted by Gasteiger charge is -2.05. The second kappa shape index (κ2) is 4.19. The lowest BCUT2D eigenvalue weighted by Crippen LogP contribution is -2.04. The molecule has 1 aliphatic carbocycles. The third kappa shape index (κ3) is 1.73. The Kier molecular flexibility index (Phi) is 2.36. The molecule has 0 saturated carbocycles. The van der Waals surface area contributed by atoms with Crippen molar-refractivity contribution in [1.29, 1.82) is 0 Å². The Morgan fingerprint density at radius 1 is 1.16 bits per heavy atom. The van der Waals surface area contributed by atoms with Crippen LogP contribution in [0.5, 0.6) is 0 Å². The van der Waals surface area contributed by atoms with Crippen molar-refractivity contribution < 1.29 is 4.42 Å². The van der Waals surface area contributed by atoms with Crippen LogP contribution in [-0.2, 0) is 12.8 Å². The van der Waals surface area contributed by atoms with E-state index in [9.17, 15) is 0 Å². The standard InChI is InChI=1S/C14H14N4O/c1-2-5-10-9-15-14-16-13(12-7-4-8-19-12)17-18(14)11(10)6-3-1/h4,7-9H,1-3,5-6H2. The minimum Gasteiger partial charge on any atom is -0.461 e. The van der Waals surface area contributed by atoms with E-state index in [1.807, 2.05) is 22.8 Å². The maximum absolute atomic E-state index is 5.35. The zero-order valence-electron chi connectivity index (χ0n) is 10.5. The van der Waals surface area contributed by atoms with Crippen molar-refractivity contribution in [2.24, 2.45) is 0 Å². The number of furan rings is 1. The van der Waals surface area contributed by atoms with Gasteiger partial charge in [0, 0.05) is 6.20 Å². The van der Waals surface area contributed by atoms with Gasteiger partial charge in [0.05, 0.1) is 12.0 Å². The quantitative estimate of drug-likeness (QED) is 0.626. The molecule has 0 aromatic carbocycles. The van der Waals surface area contributed by atoms with Gasteiger partial charge in [0.25, 0.3) is 5.78 Å². The largest absolute Gasteiger partial charge is 0.461 e. The fourth-order valence-corrected chi connectivity index (χ4v) is 2.68. The molecule has 0 amide bonds. The summed E-state index contributed by atoms with van der Waals surface area (Å²) >= 11 is 0. The molecule has 5 heteroatoms. The molecule has 5 nitrogen and oxygen atoms in total. The summed E-state index contributed by atoms with van der Waals surface area (Å²) in [4.78, 5) is 8.86. The molecular weight excluding hydrogens is 240 g/mol. The fourth-order valence-electron chi connectivity index (χ4n) is 2.68. The minimum absolute atomic E-state index is 0.607. The molecule has 3 heterocycles. The molecule has 3 aromatic heterocycles. The van der Waals surface area contributed by atoms with E-state index in [2.05, 4.69) is 15.1 Å². The van der Waals surface area contributed by atoms with Crippen molar-refractivity contribution in [2.75, 3.05) is 0 Å². The molecule has 0 saturated heterocycles. The third-order valence-electron chi connectivity index (χ3n) is 3.65. The molecule has 0 fully saturated rings. The SMILES string of the molecule is c1coc(-c2nc3ncc4c(n3n2)CCCCC4)c1. The number of fused-ring (bicyclic) bond motifs is 3. The van der Waals surface area contributed by atoms with Crippen LogP contribution in [0.2, 0.25) is 0 Å². The van der Waals surface area contributed by atoms with Crippen molar-refractivity contribution in [3.05, 3.63) is 35.9 Å². The first kappa shape index (κ1) is 10.7. The minimum atomic E-state index is 0.607. The Balaban J connectivity index is 1.91. The summed E-state index contributed by atoms with van der Waals surface area (Å²) in [6.45, 7) is 0. The molecule has 4 rings (SSSR count). The first-order valence-electron chi connectivity index (χ1n) is 6.69. The Morgan fingerprint density at radius 2 is 2.11 bits per heavy atom. The van der Waals surface area contributed by atoms with Gasteiger partial charge in [-0.15, -0.1) is 5.10 Å². The van der Waals surface area contributed by atoms with Crippen molar-refractivity contribution in [1.82, 2.24) is 19.6 Å². The molecule has 0 spiro atoms. The van der Waals surface area contributed by atoms with Gasteiger partial charge in [0.1, 0.15) is 0 Å². The third-order valence-corrected chi connectivity index (χ3v) is 3.65. The van der Waals surface area contributed by atoms with E-state index in [1.54, 1.807) is 6.26 Å². The van der Waals surface area contributed by atoms with Gasteiger partial charge in [0.15, 0.2) is 5.76 Å². The van der Waals surface area contributed by atoms with Crippen LogP contribution in [0.3, 0.4) is 0 Å². The molecule has 96 valence electrons. The average Bonchev–Trinajstić information content (AvgIpc) is 3.03. The fraction of sp³-hybridized carbons (Fsp3) is 0.357. The van der Waals surface area contributed by atoms with Crippen molar-refractivity contribution in [2.45, 2.75) is 32.1 Å². The van der Waals surface area contributed by atoms with Gasteiger partial charge in [-0.2, -0.15) is 4.98 Å². The van der Waals surface area contributed by atoms with E-state index in [0.717, 1.165) is 12.8 Å². The maximum Gasteiger partial charge on any atom is 0.253 e. The summed E-state index contributed by atoms with van der Waals surface area (Å²) in [6, 6.07) is 3.71.